The van der Waals surface area contributed by atoms with Crippen molar-refractivity contribution in [1.29, 1.82) is 0 Å². The summed E-state index contributed by atoms with van der Waals surface area (Å²) in [5.74, 6) is -1.11. The topological polar surface area (TPSA) is 136 Å². The second kappa shape index (κ2) is 12.1. The van der Waals surface area contributed by atoms with Crippen molar-refractivity contribution in [3.8, 4) is 17.1 Å². The molecule has 0 spiro atoms. The van der Waals surface area contributed by atoms with Gasteiger partial charge in [0.15, 0.2) is 5.82 Å². The Morgan fingerprint density at radius 3 is 2.34 bits per heavy atom. The number of amides is 2. The maximum absolute atomic E-state index is 13.3. The van der Waals surface area contributed by atoms with Crippen molar-refractivity contribution in [3.63, 3.8) is 0 Å². The molecule has 9 nitrogen and oxygen atoms in total. The standard InChI is InChI=1S/C26H31F3N6O3/c1-4-35(5-2)14-17-12-18(26(27,28)29)8-11-21(17)38-19-9-6-16(7-10-19)25-33-20(24(31)37)13-22(34-25)32-15(3)23(30)36/h6-13,15,17,21H,4-5,14H2,1-3H3,(H2,30,36)(H2,31,37)(H,32,33,34). The number of anilines is 1. The van der Waals surface area contributed by atoms with E-state index in [-0.39, 0.29) is 17.3 Å². The molecule has 0 saturated carbocycles. The van der Waals surface area contributed by atoms with Crippen LogP contribution in [0.5, 0.6) is 5.75 Å². The summed E-state index contributed by atoms with van der Waals surface area (Å²) >= 11 is 0. The van der Waals surface area contributed by atoms with Gasteiger partial charge in [-0.3, -0.25) is 9.59 Å². The summed E-state index contributed by atoms with van der Waals surface area (Å²) in [5, 5.41) is 2.80. The quantitative estimate of drug-likeness (QED) is 0.404. The zero-order valence-corrected chi connectivity index (χ0v) is 21.3. The first-order valence-electron chi connectivity index (χ1n) is 12.1. The second-order valence-corrected chi connectivity index (χ2v) is 8.83. The number of primary amides is 2. The normalized spacial score (nSPS) is 18.1. The molecule has 0 bridgehead atoms. The maximum atomic E-state index is 13.3. The van der Waals surface area contributed by atoms with Gasteiger partial charge in [-0.05, 0) is 50.4 Å². The van der Waals surface area contributed by atoms with Gasteiger partial charge in [0.2, 0.25) is 5.91 Å². The van der Waals surface area contributed by atoms with Crippen LogP contribution in [0, 0.1) is 5.92 Å². The van der Waals surface area contributed by atoms with E-state index >= 15 is 0 Å². The van der Waals surface area contributed by atoms with Crippen LogP contribution in [0.25, 0.3) is 11.4 Å². The molecule has 0 fully saturated rings. The smallest absolute Gasteiger partial charge is 0.416 e. The van der Waals surface area contributed by atoms with Crippen LogP contribution in [-0.2, 0) is 4.79 Å². The summed E-state index contributed by atoms with van der Waals surface area (Å²) < 4.78 is 46.1. The minimum absolute atomic E-state index is 0.0617. The number of ether oxygens (including phenoxy) is 1. The fraction of sp³-hybridized carbons (Fsp3) is 0.385. The van der Waals surface area contributed by atoms with Crippen LogP contribution in [0.2, 0.25) is 0 Å². The van der Waals surface area contributed by atoms with E-state index in [0.29, 0.717) is 30.9 Å². The lowest BCUT2D eigenvalue weighted by atomic mass is 9.92. The highest BCUT2D eigenvalue weighted by molar-refractivity contribution is 5.92. The van der Waals surface area contributed by atoms with Gasteiger partial charge in [0.05, 0.1) is 5.57 Å². The highest BCUT2D eigenvalue weighted by Gasteiger charge is 2.36. The van der Waals surface area contributed by atoms with E-state index in [1.807, 2.05) is 18.7 Å². The molecule has 3 rings (SSSR count). The molecule has 3 unspecified atom stereocenters. The van der Waals surface area contributed by atoms with E-state index in [1.54, 1.807) is 31.2 Å². The average molecular weight is 533 g/mol. The van der Waals surface area contributed by atoms with Crippen molar-refractivity contribution in [2.24, 2.45) is 17.4 Å². The molecule has 1 heterocycles. The first-order valence-corrected chi connectivity index (χ1v) is 12.1. The molecular weight excluding hydrogens is 501 g/mol. The fourth-order valence-electron chi connectivity index (χ4n) is 3.88. The minimum atomic E-state index is -4.44. The summed E-state index contributed by atoms with van der Waals surface area (Å²) in [7, 11) is 0. The summed E-state index contributed by atoms with van der Waals surface area (Å²) in [6, 6.07) is 7.14. The number of aromatic nitrogens is 2. The second-order valence-electron chi connectivity index (χ2n) is 8.83. The number of hydrogen-bond donors (Lipinski definition) is 3. The molecule has 0 radical (unpaired) electrons. The van der Waals surface area contributed by atoms with Crippen LogP contribution >= 0.6 is 0 Å². The van der Waals surface area contributed by atoms with Gasteiger partial charge < -0.3 is 26.4 Å². The number of nitrogens with zero attached hydrogens (tertiary/aromatic N) is 3. The van der Waals surface area contributed by atoms with Crippen molar-refractivity contribution >= 4 is 17.6 Å². The Kier molecular flexibility index (Phi) is 9.10. The van der Waals surface area contributed by atoms with E-state index in [1.165, 1.54) is 18.2 Å². The van der Waals surface area contributed by atoms with Crippen molar-refractivity contribution in [2.45, 2.75) is 39.1 Å². The number of hydrogen-bond acceptors (Lipinski definition) is 7. The molecule has 1 aliphatic rings. The van der Waals surface area contributed by atoms with Gasteiger partial charge in [-0.1, -0.05) is 26.0 Å². The summed E-state index contributed by atoms with van der Waals surface area (Å²) in [4.78, 5) is 33.7. The molecule has 1 aliphatic carbocycles. The third kappa shape index (κ3) is 7.31. The lowest BCUT2D eigenvalue weighted by molar-refractivity contribution is -0.118. The van der Waals surface area contributed by atoms with E-state index in [0.717, 1.165) is 6.08 Å². The molecule has 0 saturated heterocycles. The van der Waals surface area contributed by atoms with Crippen molar-refractivity contribution < 1.29 is 27.5 Å². The number of nitrogens with one attached hydrogen (secondary N) is 1. The van der Waals surface area contributed by atoms with Gasteiger partial charge >= 0.3 is 6.18 Å². The Hall–Kier alpha value is -3.93. The van der Waals surface area contributed by atoms with Crippen LogP contribution in [-0.4, -0.2) is 64.6 Å². The van der Waals surface area contributed by atoms with Gasteiger partial charge in [-0.15, -0.1) is 0 Å². The fourth-order valence-corrected chi connectivity index (χ4v) is 3.88. The first-order chi connectivity index (χ1) is 17.9. The Bertz CT molecular complexity index is 1210. The Morgan fingerprint density at radius 2 is 1.79 bits per heavy atom. The lowest BCUT2D eigenvalue weighted by Crippen LogP contribution is -2.38. The number of carbonyl (C=O) groups excluding carboxylic acids is 2. The molecule has 2 aromatic rings. The van der Waals surface area contributed by atoms with Crippen molar-refractivity contribution in [1.82, 2.24) is 14.9 Å². The summed E-state index contributed by atoms with van der Waals surface area (Å²) in [6.45, 7) is 7.26. The van der Waals surface area contributed by atoms with Gasteiger partial charge in [0.25, 0.3) is 5.91 Å². The van der Waals surface area contributed by atoms with E-state index in [2.05, 4.69) is 15.3 Å². The molecule has 0 aliphatic heterocycles. The molecule has 204 valence electrons. The predicted octanol–water partition coefficient (Wildman–Crippen LogP) is 3.29. The third-order valence-electron chi connectivity index (χ3n) is 6.13. The van der Waals surface area contributed by atoms with Crippen LogP contribution in [0.15, 0.2) is 54.1 Å². The summed E-state index contributed by atoms with van der Waals surface area (Å²) in [6.07, 6.45) is -1.34. The lowest BCUT2D eigenvalue weighted by Gasteiger charge is -2.31. The average Bonchev–Trinajstić information content (AvgIpc) is 2.87. The van der Waals surface area contributed by atoms with Crippen LogP contribution in [0.4, 0.5) is 19.0 Å². The number of halogens is 3. The number of nitrogens with two attached hydrogens (primary N) is 2. The molecule has 38 heavy (non-hydrogen) atoms. The van der Waals surface area contributed by atoms with Crippen molar-refractivity contribution in [3.05, 3.63) is 59.8 Å². The number of allylic oxidation sites excluding steroid dienone is 2. The van der Waals surface area contributed by atoms with Crippen LogP contribution in [0.3, 0.4) is 0 Å². The van der Waals surface area contributed by atoms with Gasteiger partial charge in [-0.25, -0.2) is 9.97 Å². The highest BCUT2D eigenvalue weighted by Crippen LogP contribution is 2.33. The Morgan fingerprint density at radius 1 is 1.13 bits per heavy atom. The molecule has 12 heteroatoms. The van der Waals surface area contributed by atoms with Gasteiger partial charge in [-0.2, -0.15) is 13.2 Å². The molecule has 3 atom stereocenters. The van der Waals surface area contributed by atoms with Crippen LogP contribution in [0.1, 0.15) is 31.3 Å². The van der Waals surface area contributed by atoms with Gasteiger partial charge in [0.1, 0.15) is 29.4 Å². The van der Waals surface area contributed by atoms with E-state index in [4.69, 9.17) is 16.2 Å². The number of alkyl halides is 3. The zero-order valence-electron chi connectivity index (χ0n) is 21.3. The number of benzene rings is 1. The predicted molar refractivity (Wildman–Crippen MR) is 137 cm³/mol. The molecular formula is C26H31F3N6O3. The summed E-state index contributed by atoms with van der Waals surface area (Å²) in [5.41, 5.74) is 10.5. The SMILES string of the molecule is CCN(CC)CC1C=C(C(F)(F)F)C=CC1Oc1ccc(-c2nc(NC(C)C(N)=O)cc(C(N)=O)n2)cc1. The largest absolute Gasteiger partial charge is 0.486 e. The monoisotopic (exact) mass is 532 g/mol. The minimum Gasteiger partial charge on any atom is -0.486 e. The molecule has 1 aromatic heterocycles. The maximum Gasteiger partial charge on any atom is 0.416 e. The Balaban J connectivity index is 1.84. The van der Waals surface area contributed by atoms with Crippen molar-refractivity contribution in [2.75, 3.05) is 25.0 Å². The molecule has 2 amide bonds. The van der Waals surface area contributed by atoms with E-state index in [9.17, 15) is 22.8 Å². The van der Waals surface area contributed by atoms with Crippen LogP contribution < -0.4 is 21.5 Å². The number of carbonyl (C=O) groups is 2. The molecule has 5 N–H and O–H groups in total. The third-order valence-corrected chi connectivity index (χ3v) is 6.13. The zero-order chi connectivity index (χ0) is 28.0. The number of rotatable bonds is 11. The highest BCUT2D eigenvalue weighted by atomic mass is 19.4. The Labute approximate surface area is 218 Å². The molecule has 1 aromatic carbocycles. The van der Waals surface area contributed by atoms with E-state index < -0.39 is 41.6 Å². The first kappa shape index (κ1) is 28.6. The van der Waals surface area contributed by atoms with Gasteiger partial charge in [0, 0.05) is 24.1 Å².